The van der Waals surface area contributed by atoms with Crippen molar-refractivity contribution < 1.29 is 4.92 Å². The minimum Gasteiger partial charge on any atom is -0.319 e. The van der Waals surface area contributed by atoms with E-state index in [-0.39, 0.29) is 5.69 Å². The first-order valence-corrected chi connectivity index (χ1v) is 4.89. The first-order valence-electron chi connectivity index (χ1n) is 4.89. The summed E-state index contributed by atoms with van der Waals surface area (Å²) in [6.07, 6.45) is 1.96. The van der Waals surface area contributed by atoms with E-state index in [1.54, 1.807) is 6.92 Å². The lowest BCUT2D eigenvalue weighted by molar-refractivity contribution is -0.385. The van der Waals surface area contributed by atoms with Crippen LogP contribution in [0, 0.1) is 28.9 Å². The Morgan fingerprint density at radius 3 is 2.94 bits per heavy atom. The van der Waals surface area contributed by atoms with E-state index < -0.39 is 4.92 Å². The van der Waals surface area contributed by atoms with Gasteiger partial charge in [0, 0.05) is 19.0 Å². The fraction of sp³-hybridized carbons (Fsp3) is 0.364. The monoisotopic (exact) mass is 219 g/mol. The molecule has 16 heavy (non-hydrogen) atoms. The van der Waals surface area contributed by atoms with Crippen molar-refractivity contribution in [3.63, 3.8) is 0 Å². The van der Waals surface area contributed by atoms with Crippen molar-refractivity contribution in [2.45, 2.75) is 13.3 Å². The standard InChI is InChI=1S/C11H13N3O2/c1-9-7-10(14(15)16)8-13-11(9)5-3-4-6-12-2/h7-8,12H,4,6H2,1-2H3. The lowest BCUT2D eigenvalue weighted by Crippen LogP contribution is -2.06. The molecule has 0 aliphatic heterocycles. The topological polar surface area (TPSA) is 68.1 Å². The fourth-order valence-corrected chi connectivity index (χ4v) is 1.12. The molecule has 0 aliphatic rings. The number of nitro groups is 1. The summed E-state index contributed by atoms with van der Waals surface area (Å²) < 4.78 is 0. The largest absolute Gasteiger partial charge is 0.319 e. The molecule has 0 amide bonds. The van der Waals surface area contributed by atoms with E-state index in [0.29, 0.717) is 5.69 Å². The van der Waals surface area contributed by atoms with Crippen molar-refractivity contribution in [1.29, 1.82) is 0 Å². The van der Waals surface area contributed by atoms with Gasteiger partial charge in [-0.15, -0.1) is 0 Å². The molecule has 1 aromatic heterocycles. The molecule has 5 nitrogen and oxygen atoms in total. The second-order valence-electron chi connectivity index (χ2n) is 3.27. The summed E-state index contributed by atoms with van der Waals surface area (Å²) >= 11 is 0. The molecule has 1 N–H and O–H groups in total. The van der Waals surface area contributed by atoms with Gasteiger partial charge in [-0.2, -0.15) is 0 Å². The number of hydrogen-bond donors (Lipinski definition) is 1. The Morgan fingerprint density at radius 2 is 2.38 bits per heavy atom. The zero-order valence-electron chi connectivity index (χ0n) is 9.28. The van der Waals surface area contributed by atoms with Crippen LogP contribution in [-0.2, 0) is 0 Å². The molecule has 0 radical (unpaired) electrons. The van der Waals surface area contributed by atoms with Crippen LogP contribution in [0.4, 0.5) is 5.69 Å². The van der Waals surface area contributed by atoms with Crippen LogP contribution in [0.3, 0.4) is 0 Å². The SMILES string of the molecule is CNCCC#Cc1ncc([N+](=O)[O-])cc1C. The molecular weight excluding hydrogens is 206 g/mol. The molecule has 5 heteroatoms. The van der Waals surface area contributed by atoms with E-state index in [0.717, 1.165) is 18.5 Å². The number of pyridine rings is 1. The van der Waals surface area contributed by atoms with Crippen molar-refractivity contribution in [3.05, 3.63) is 33.6 Å². The third-order valence-electron chi connectivity index (χ3n) is 1.98. The molecule has 0 aromatic carbocycles. The van der Waals surface area contributed by atoms with Crippen molar-refractivity contribution >= 4 is 5.69 Å². The van der Waals surface area contributed by atoms with Gasteiger partial charge in [0.1, 0.15) is 11.9 Å². The summed E-state index contributed by atoms with van der Waals surface area (Å²) in [5, 5.41) is 13.5. The zero-order valence-corrected chi connectivity index (χ0v) is 9.28. The van der Waals surface area contributed by atoms with Gasteiger partial charge in [-0.25, -0.2) is 4.98 Å². The summed E-state index contributed by atoms with van der Waals surface area (Å²) in [4.78, 5) is 14.0. The maximum Gasteiger partial charge on any atom is 0.287 e. The van der Waals surface area contributed by atoms with E-state index in [1.165, 1.54) is 12.3 Å². The van der Waals surface area contributed by atoms with Crippen LogP contribution in [0.25, 0.3) is 0 Å². The molecular formula is C11H13N3O2. The van der Waals surface area contributed by atoms with Gasteiger partial charge >= 0.3 is 0 Å². The van der Waals surface area contributed by atoms with Crippen LogP contribution in [0.5, 0.6) is 0 Å². The lowest BCUT2D eigenvalue weighted by Gasteiger charge is -1.96. The molecule has 1 heterocycles. The van der Waals surface area contributed by atoms with Gasteiger partial charge in [-0.1, -0.05) is 5.92 Å². The quantitative estimate of drug-likeness (QED) is 0.359. The van der Waals surface area contributed by atoms with Gasteiger partial charge in [0.25, 0.3) is 5.69 Å². The maximum absolute atomic E-state index is 10.5. The van der Waals surface area contributed by atoms with Crippen molar-refractivity contribution in [3.8, 4) is 11.8 Å². The molecule has 0 spiro atoms. The summed E-state index contributed by atoms with van der Waals surface area (Å²) in [5.74, 6) is 5.84. The Labute approximate surface area is 94.0 Å². The minimum atomic E-state index is -0.460. The number of nitrogens with zero attached hydrogens (tertiary/aromatic N) is 2. The van der Waals surface area contributed by atoms with E-state index in [1.807, 2.05) is 7.05 Å². The molecule has 1 aromatic rings. The summed E-state index contributed by atoms with van der Waals surface area (Å²) in [7, 11) is 1.86. The van der Waals surface area contributed by atoms with Crippen molar-refractivity contribution in [2.75, 3.05) is 13.6 Å². The fourth-order valence-electron chi connectivity index (χ4n) is 1.12. The second-order valence-corrected chi connectivity index (χ2v) is 3.27. The summed E-state index contributed by atoms with van der Waals surface area (Å²) in [5.41, 5.74) is 1.33. The highest BCUT2D eigenvalue weighted by molar-refractivity contribution is 5.41. The van der Waals surface area contributed by atoms with E-state index in [2.05, 4.69) is 22.1 Å². The number of hydrogen-bond acceptors (Lipinski definition) is 4. The first-order chi connectivity index (χ1) is 7.65. The first kappa shape index (κ1) is 12.1. The van der Waals surface area contributed by atoms with E-state index in [4.69, 9.17) is 0 Å². The second kappa shape index (κ2) is 5.83. The van der Waals surface area contributed by atoms with Gasteiger partial charge in [-0.05, 0) is 25.5 Å². The van der Waals surface area contributed by atoms with Gasteiger partial charge in [0.15, 0.2) is 0 Å². The minimum absolute atomic E-state index is 0.00160. The highest BCUT2D eigenvalue weighted by Gasteiger charge is 2.07. The maximum atomic E-state index is 10.5. The lowest BCUT2D eigenvalue weighted by atomic mass is 10.2. The Bertz CT molecular complexity index is 446. The summed E-state index contributed by atoms with van der Waals surface area (Å²) in [6.45, 7) is 2.58. The van der Waals surface area contributed by atoms with E-state index in [9.17, 15) is 10.1 Å². The van der Waals surface area contributed by atoms with Crippen LogP contribution >= 0.6 is 0 Å². The molecule has 0 atom stereocenters. The molecule has 0 bridgehead atoms. The molecule has 84 valence electrons. The van der Waals surface area contributed by atoms with Gasteiger partial charge in [0.2, 0.25) is 0 Å². The number of aryl methyl sites for hydroxylation is 1. The highest BCUT2D eigenvalue weighted by Crippen LogP contribution is 2.13. The van der Waals surface area contributed by atoms with Crippen LogP contribution in [0.2, 0.25) is 0 Å². The third kappa shape index (κ3) is 3.33. The van der Waals surface area contributed by atoms with Crippen LogP contribution in [0.15, 0.2) is 12.3 Å². The molecule has 0 aliphatic carbocycles. The molecule has 0 unspecified atom stereocenters. The number of nitrogens with one attached hydrogen (secondary N) is 1. The van der Waals surface area contributed by atoms with Crippen molar-refractivity contribution in [1.82, 2.24) is 10.3 Å². The van der Waals surface area contributed by atoms with E-state index >= 15 is 0 Å². The Morgan fingerprint density at radius 1 is 1.62 bits per heavy atom. The zero-order chi connectivity index (χ0) is 12.0. The van der Waals surface area contributed by atoms with Crippen LogP contribution in [-0.4, -0.2) is 23.5 Å². The van der Waals surface area contributed by atoms with Gasteiger partial charge in [0.05, 0.1) is 4.92 Å². The molecule has 0 saturated heterocycles. The predicted octanol–water partition coefficient (Wildman–Crippen LogP) is 1.26. The van der Waals surface area contributed by atoms with Gasteiger partial charge in [-0.3, -0.25) is 10.1 Å². The molecule has 0 fully saturated rings. The Hall–Kier alpha value is -1.93. The Balaban J connectivity index is 2.81. The average Bonchev–Trinajstić information content (AvgIpc) is 2.26. The highest BCUT2D eigenvalue weighted by atomic mass is 16.6. The Kier molecular flexibility index (Phi) is 4.42. The predicted molar refractivity (Wildman–Crippen MR) is 61.1 cm³/mol. The summed E-state index contributed by atoms with van der Waals surface area (Å²) in [6, 6.07) is 1.48. The molecule has 1 rings (SSSR count). The normalized spacial score (nSPS) is 9.38. The van der Waals surface area contributed by atoms with Crippen molar-refractivity contribution in [2.24, 2.45) is 0 Å². The number of rotatable bonds is 3. The van der Waals surface area contributed by atoms with Gasteiger partial charge < -0.3 is 5.32 Å². The molecule has 0 saturated carbocycles. The third-order valence-corrected chi connectivity index (χ3v) is 1.98. The van der Waals surface area contributed by atoms with Crippen LogP contribution < -0.4 is 5.32 Å². The smallest absolute Gasteiger partial charge is 0.287 e. The van der Waals surface area contributed by atoms with Crippen LogP contribution in [0.1, 0.15) is 17.7 Å². The average molecular weight is 219 g/mol. The number of aromatic nitrogens is 1.